The summed E-state index contributed by atoms with van der Waals surface area (Å²) in [6, 6.07) is 79.8. The number of hydrogen-bond donors (Lipinski definition) is 0. The second-order valence-electron chi connectivity index (χ2n) is 26.8. The fraction of sp³-hybridized carbons (Fsp3) is 0.150. The van der Waals surface area contributed by atoms with Crippen molar-refractivity contribution in [1.82, 2.24) is 24.9 Å². The largest absolute Gasteiger partial charge is 0.455 e. The van der Waals surface area contributed by atoms with E-state index in [4.69, 9.17) is 49.5 Å². The predicted octanol–water partition coefficient (Wildman–Crippen LogP) is 28.9. The maximum absolute atomic E-state index is 8.33. The van der Waals surface area contributed by atoms with Gasteiger partial charge in [-0.2, -0.15) is 0 Å². The smallest absolute Gasteiger partial charge is 0.227 e. The van der Waals surface area contributed by atoms with Gasteiger partial charge in [0.2, 0.25) is 5.71 Å². The average Bonchev–Trinajstić information content (AvgIpc) is 1.58. The molecule has 10 heterocycles. The van der Waals surface area contributed by atoms with Crippen molar-refractivity contribution in [1.29, 1.82) is 0 Å². The van der Waals surface area contributed by atoms with E-state index in [0.717, 1.165) is 132 Å². The maximum atomic E-state index is 8.33. The van der Waals surface area contributed by atoms with Crippen LogP contribution in [0.4, 0.5) is 0 Å². The number of pyridine rings is 5. The van der Waals surface area contributed by atoms with Crippen molar-refractivity contribution in [3.8, 4) is 55.6 Å². The highest BCUT2D eigenvalue weighted by Gasteiger charge is 2.20. The van der Waals surface area contributed by atoms with Crippen LogP contribution in [0.2, 0.25) is 0 Å². The molecule has 5 atom stereocenters. The van der Waals surface area contributed by atoms with Gasteiger partial charge in [0.15, 0.2) is 16.7 Å². The maximum Gasteiger partial charge on any atom is 0.227 e. The van der Waals surface area contributed by atoms with Crippen LogP contribution in [0.5, 0.6) is 0 Å². The standard InChI is InChI=1S/5C20H17NO/c1-13(2)14-6-3-7-15(12-14)16-8-4-9-17-19-18(22-20(16)17)10-5-11-21-19;1-13(2)14-6-3-7-15(12-14)16-8-4-9-17-18-10-5-11-21-20(18)22-19(16)17;1-13(2)14-5-3-6-15(11-14)16-7-4-8-18-17-9-10-21-12-19(17)22-20(16)18;1-13(2)14-5-3-6-15(11-14)16-7-4-8-17-18-12-21-10-9-19(18)22-20(16)17;1-13(2)14-6-5-7-15(12-14)16-10-11-21-19-17-8-3-4-9-18(17)22-20(16)19/h5*3-13H,1-2H3/i5*1D3,13D. The van der Waals surface area contributed by atoms with Crippen molar-refractivity contribution < 1.29 is 49.5 Å². The van der Waals surface area contributed by atoms with Crippen LogP contribution in [0, 0.1) is 0 Å². The topological polar surface area (TPSA) is 130 Å². The molecule has 0 aliphatic heterocycles. The number of para-hydroxylation sites is 5. The molecule has 5 unspecified atom stereocenters. The molecule has 20 aromatic rings. The van der Waals surface area contributed by atoms with Gasteiger partial charge < -0.3 is 22.1 Å². The Morgan fingerprint density at radius 1 is 0.255 bits per heavy atom. The van der Waals surface area contributed by atoms with E-state index >= 15 is 0 Å². The van der Waals surface area contributed by atoms with E-state index in [2.05, 4.69) is 24.9 Å². The summed E-state index contributed by atoms with van der Waals surface area (Å²) >= 11 is 0. The highest BCUT2D eigenvalue weighted by atomic mass is 16.3. The summed E-state index contributed by atoms with van der Waals surface area (Å²) in [5, 5.41) is 7.61. The molecule has 10 heteroatoms. The fourth-order valence-corrected chi connectivity index (χ4v) is 13.9. The molecular weight excluding hydrogens is 1350 g/mol. The lowest BCUT2D eigenvalue weighted by Gasteiger charge is -2.08. The lowest BCUT2D eigenvalue weighted by atomic mass is 9.96. The minimum Gasteiger partial charge on any atom is -0.455 e. The first-order valence-corrected chi connectivity index (χ1v) is 35.8. The van der Waals surface area contributed by atoms with Crippen molar-refractivity contribution in [2.45, 2.75) is 98.3 Å². The molecule has 0 fully saturated rings. The van der Waals surface area contributed by atoms with Crippen LogP contribution in [0.15, 0.2) is 326 Å². The highest BCUT2D eigenvalue weighted by Crippen LogP contribution is 2.42. The minimum absolute atomic E-state index is 0.441. The Labute approximate surface area is 667 Å². The van der Waals surface area contributed by atoms with E-state index in [1.165, 1.54) is 34.6 Å². The molecule has 10 nitrogen and oxygen atoms in total. The van der Waals surface area contributed by atoms with Crippen molar-refractivity contribution in [2.24, 2.45) is 0 Å². The van der Waals surface area contributed by atoms with Gasteiger partial charge in [-0.3, -0.25) is 19.9 Å². The Kier molecular flexibility index (Phi) is 14.5. The molecule has 0 spiro atoms. The third kappa shape index (κ3) is 14.3. The van der Waals surface area contributed by atoms with E-state index in [-0.39, 0.29) is 0 Å². The van der Waals surface area contributed by atoms with Crippen LogP contribution in [-0.2, 0) is 0 Å². The summed E-state index contributed by atoms with van der Waals surface area (Å²) < 4.78 is 187. The van der Waals surface area contributed by atoms with Crippen LogP contribution >= 0.6 is 0 Å². The van der Waals surface area contributed by atoms with Crippen LogP contribution in [-0.4, -0.2) is 24.9 Å². The van der Waals surface area contributed by atoms with Crippen LogP contribution in [0.1, 0.15) is 154 Å². The Morgan fingerprint density at radius 2 is 0.627 bits per heavy atom. The Bertz CT molecular complexity index is 6600. The molecule has 0 radical (unpaired) electrons. The zero-order valence-electron chi connectivity index (χ0n) is 80.6. The first-order chi connectivity index (χ1) is 61.4. The summed E-state index contributed by atoms with van der Waals surface area (Å²) in [5.41, 5.74) is 19.2. The van der Waals surface area contributed by atoms with Gasteiger partial charge in [0.1, 0.15) is 44.5 Å². The van der Waals surface area contributed by atoms with E-state index in [0.29, 0.717) is 61.4 Å². The lowest BCUT2D eigenvalue weighted by molar-refractivity contribution is 0.655. The summed E-state index contributed by atoms with van der Waals surface area (Å²) in [6.07, 6.45) is 12.0. The molecule has 20 rings (SSSR count). The third-order valence-electron chi connectivity index (χ3n) is 19.4. The molecule has 110 heavy (non-hydrogen) atoms. The molecule has 0 amide bonds. The first kappa shape index (κ1) is 51.3. The lowest BCUT2D eigenvalue weighted by Crippen LogP contribution is -1.88. The number of hydrogen-bond acceptors (Lipinski definition) is 10. The molecule has 0 bridgehead atoms. The van der Waals surface area contributed by atoms with Crippen molar-refractivity contribution in [3.63, 3.8) is 0 Å². The normalized spacial score (nSPS) is 17.5. The zero-order valence-corrected chi connectivity index (χ0v) is 60.6. The first-order valence-electron chi connectivity index (χ1n) is 45.8. The Balaban J connectivity index is 0.000000119. The third-order valence-corrected chi connectivity index (χ3v) is 19.4. The number of benzene rings is 10. The van der Waals surface area contributed by atoms with E-state index < -0.39 is 63.7 Å². The summed E-state index contributed by atoms with van der Waals surface area (Å²) in [7, 11) is 0. The molecule has 10 aromatic carbocycles. The minimum atomic E-state index is -2.42. The molecule has 10 aromatic heterocycles. The molecule has 0 aliphatic carbocycles. The van der Waals surface area contributed by atoms with Crippen molar-refractivity contribution in [3.05, 3.63) is 332 Å². The molecule has 0 aliphatic rings. The van der Waals surface area contributed by atoms with Gasteiger partial charge in [-0.1, -0.05) is 269 Å². The summed E-state index contributed by atoms with van der Waals surface area (Å²) in [4.78, 5) is 21.4. The molecule has 0 saturated heterocycles. The fourth-order valence-electron chi connectivity index (χ4n) is 13.9. The number of furan rings is 5. The highest BCUT2D eigenvalue weighted by molar-refractivity contribution is 6.12. The van der Waals surface area contributed by atoms with E-state index in [9.17, 15) is 0 Å². The SMILES string of the molecule is [2H]C([2H])([2H])C([2H])(C)c1cccc(-c2cccc3c2oc2cccnc23)c1.[2H]C([2H])([2H])C([2H])(C)c1cccc(-c2cccc3c2oc2ccncc23)c1.[2H]C([2H])([2H])C([2H])(C)c1cccc(-c2cccc3c2oc2cnccc23)c1.[2H]C([2H])([2H])C([2H])(C)c1cccc(-c2cccc3c2oc2ncccc23)c1.[2H]C([2H])([2H])C([2H])(C)c1cccc(-c2ccnc3c2oc2ccccc23)c1. The quantitative estimate of drug-likeness (QED) is 0.130. The van der Waals surface area contributed by atoms with Gasteiger partial charge in [0.25, 0.3) is 0 Å². The zero-order chi connectivity index (χ0) is 92.6. The van der Waals surface area contributed by atoms with Crippen LogP contribution < -0.4 is 0 Å². The van der Waals surface area contributed by atoms with Crippen LogP contribution in [0.3, 0.4) is 0 Å². The van der Waals surface area contributed by atoms with Gasteiger partial charge in [-0.25, -0.2) is 4.98 Å². The van der Waals surface area contributed by atoms with E-state index in [1.807, 2.05) is 170 Å². The van der Waals surface area contributed by atoms with Crippen molar-refractivity contribution >= 4 is 110 Å². The van der Waals surface area contributed by atoms with Gasteiger partial charge in [-0.05, 0) is 146 Å². The molecule has 0 saturated carbocycles. The summed E-state index contributed by atoms with van der Waals surface area (Å²) in [5.74, 6) is -8.44. The predicted molar refractivity (Wildman–Crippen MR) is 455 cm³/mol. The monoisotopic (exact) mass is 1460 g/mol. The average molecular weight is 1460 g/mol. The second-order valence-corrected chi connectivity index (χ2v) is 26.8. The molecule has 0 N–H and O–H groups in total. The molecule has 540 valence electrons. The second kappa shape index (κ2) is 31.0. The number of aromatic nitrogens is 5. The summed E-state index contributed by atoms with van der Waals surface area (Å²) in [6.45, 7) is -4.97. The van der Waals surface area contributed by atoms with Gasteiger partial charge >= 0.3 is 0 Å². The van der Waals surface area contributed by atoms with Crippen LogP contribution in [0.25, 0.3) is 166 Å². The van der Waals surface area contributed by atoms with Gasteiger partial charge in [0.05, 0.1) is 6.20 Å². The van der Waals surface area contributed by atoms with Gasteiger partial charge in [-0.15, -0.1) is 0 Å². The number of fused-ring (bicyclic) bond motifs is 15. The number of nitrogens with zero attached hydrogens (tertiary/aromatic N) is 5. The number of rotatable bonds is 10. The Hall–Kier alpha value is -13.1. The van der Waals surface area contributed by atoms with E-state index in [1.54, 1.807) is 134 Å². The van der Waals surface area contributed by atoms with Gasteiger partial charge in [0, 0.05) is 136 Å². The molecular formula is C100H85N5O5. The van der Waals surface area contributed by atoms with Crippen molar-refractivity contribution in [2.75, 3.05) is 0 Å². The Morgan fingerprint density at radius 3 is 1.17 bits per heavy atom.